The van der Waals surface area contributed by atoms with Crippen LogP contribution in [0.5, 0.6) is 0 Å². The Hall–Kier alpha value is -0.500. The summed E-state index contributed by atoms with van der Waals surface area (Å²) in [6.07, 6.45) is -2.09. The molecule has 0 aliphatic carbocycles. The van der Waals surface area contributed by atoms with Crippen LogP contribution in [0.4, 0.5) is 13.2 Å². The lowest BCUT2D eigenvalue weighted by molar-refractivity contribution is -0.486. The molecule has 0 bridgehead atoms. The number of alkyl halides is 3. The van der Waals surface area contributed by atoms with Gasteiger partial charge in [-0.3, -0.25) is 4.18 Å². The molecular formula is C13H19F3O8S. The van der Waals surface area contributed by atoms with Gasteiger partial charge < -0.3 is 24.1 Å². The Morgan fingerprint density at radius 2 is 1.44 bits per heavy atom. The van der Waals surface area contributed by atoms with Gasteiger partial charge in [0.1, 0.15) is 12.2 Å². The first-order valence-corrected chi connectivity index (χ1v) is 9.29. The second-order valence-corrected chi connectivity index (χ2v) is 7.58. The summed E-state index contributed by atoms with van der Waals surface area (Å²) in [7, 11) is -5.90. The third kappa shape index (κ3) is 3.07. The molecule has 0 aromatic carbocycles. The van der Waals surface area contributed by atoms with Crippen LogP contribution in [0, 0.1) is 0 Å². The van der Waals surface area contributed by atoms with Crippen LogP contribution < -0.4 is 0 Å². The Labute approximate surface area is 142 Å². The summed E-state index contributed by atoms with van der Waals surface area (Å²) in [5, 5.41) is 10.4. The standard InChI is InChI=1S/C13H19F3O8S/c14-13(15,16)25(18,19)24-10-4-2-6-21-12(10)11(22-7-8-23-12)9(17)3-1-5-20-11/h9-10,17H,1-8H2/t9-,10-,11-,12-/m1/s1. The Bertz CT molecular complexity index is 585. The second-order valence-electron chi connectivity index (χ2n) is 6.01. The zero-order chi connectivity index (χ0) is 18.3. The molecule has 3 saturated heterocycles. The summed E-state index contributed by atoms with van der Waals surface area (Å²) in [6, 6.07) is 0. The molecule has 0 unspecified atom stereocenters. The Kier molecular flexibility index (Phi) is 5.08. The van der Waals surface area contributed by atoms with Crippen molar-refractivity contribution in [2.24, 2.45) is 0 Å². The van der Waals surface area contributed by atoms with Crippen molar-refractivity contribution in [1.29, 1.82) is 0 Å². The quantitative estimate of drug-likeness (QED) is 0.540. The molecule has 8 nitrogen and oxygen atoms in total. The van der Waals surface area contributed by atoms with Crippen molar-refractivity contribution in [1.82, 2.24) is 0 Å². The number of fused-ring (bicyclic) bond motifs is 1. The van der Waals surface area contributed by atoms with Crippen LogP contribution in [0.2, 0.25) is 0 Å². The first-order valence-electron chi connectivity index (χ1n) is 7.88. The fourth-order valence-corrected chi connectivity index (χ4v) is 4.04. The molecule has 146 valence electrons. The van der Waals surface area contributed by atoms with Crippen LogP contribution >= 0.6 is 0 Å². The monoisotopic (exact) mass is 392 g/mol. The van der Waals surface area contributed by atoms with Crippen molar-refractivity contribution in [3.63, 3.8) is 0 Å². The van der Waals surface area contributed by atoms with E-state index in [0.29, 0.717) is 6.42 Å². The van der Waals surface area contributed by atoms with Crippen molar-refractivity contribution in [3.8, 4) is 0 Å². The molecule has 3 rings (SSSR count). The van der Waals surface area contributed by atoms with Gasteiger partial charge in [-0.15, -0.1) is 0 Å². The third-order valence-corrected chi connectivity index (χ3v) is 5.51. The average molecular weight is 392 g/mol. The van der Waals surface area contributed by atoms with Gasteiger partial charge in [0.05, 0.1) is 26.4 Å². The maximum Gasteiger partial charge on any atom is 0.523 e. The van der Waals surface area contributed by atoms with Crippen molar-refractivity contribution >= 4 is 10.1 Å². The normalized spacial score (nSPS) is 40.5. The SMILES string of the molecule is O=S(=O)(O[C@@H]1CCCO[C@@]12OCCO[C@@]21OCCC[C@H]1O)C(F)(F)F. The Morgan fingerprint density at radius 1 is 0.920 bits per heavy atom. The van der Waals surface area contributed by atoms with Crippen LogP contribution in [0.15, 0.2) is 0 Å². The van der Waals surface area contributed by atoms with Gasteiger partial charge in [-0.25, -0.2) is 0 Å². The molecule has 1 N–H and O–H groups in total. The third-order valence-electron chi connectivity index (χ3n) is 4.46. The lowest BCUT2D eigenvalue weighted by atomic mass is 9.85. The van der Waals surface area contributed by atoms with E-state index in [-0.39, 0.29) is 45.7 Å². The molecular weight excluding hydrogens is 373 g/mol. The molecule has 3 aliphatic heterocycles. The maximum atomic E-state index is 12.7. The fraction of sp³-hybridized carbons (Fsp3) is 1.00. The van der Waals surface area contributed by atoms with Crippen LogP contribution in [-0.4, -0.2) is 69.2 Å². The lowest BCUT2D eigenvalue weighted by Gasteiger charge is -2.57. The highest BCUT2D eigenvalue weighted by Crippen LogP contribution is 2.48. The van der Waals surface area contributed by atoms with Crippen molar-refractivity contribution in [2.45, 2.75) is 55.0 Å². The molecule has 3 fully saturated rings. The van der Waals surface area contributed by atoms with Gasteiger partial charge in [0.15, 0.2) is 0 Å². The topological polar surface area (TPSA) is 101 Å². The summed E-state index contributed by atoms with van der Waals surface area (Å²) in [5.41, 5.74) is -5.60. The number of halogens is 3. The number of rotatable bonds is 2. The molecule has 0 radical (unpaired) electrons. The first-order chi connectivity index (χ1) is 11.6. The van der Waals surface area contributed by atoms with Gasteiger partial charge in [-0.1, -0.05) is 0 Å². The van der Waals surface area contributed by atoms with Gasteiger partial charge in [0.2, 0.25) is 0 Å². The zero-order valence-electron chi connectivity index (χ0n) is 13.2. The van der Waals surface area contributed by atoms with Gasteiger partial charge in [-0.2, -0.15) is 21.6 Å². The molecule has 2 spiro atoms. The minimum atomic E-state index is -5.90. The number of hydrogen-bond donors (Lipinski definition) is 1. The van der Waals surface area contributed by atoms with E-state index in [1.807, 2.05) is 0 Å². The maximum absolute atomic E-state index is 12.7. The van der Waals surface area contributed by atoms with Crippen molar-refractivity contribution in [2.75, 3.05) is 26.4 Å². The highest BCUT2D eigenvalue weighted by Gasteiger charge is 2.70. The largest absolute Gasteiger partial charge is 0.523 e. The van der Waals surface area contributed by atoms with Gasteiger partial charge >= 0.3 is 15.6 Å². The predicted octanol–water partition coefficient (Wildman–Crippen LogP) is 0.642. The average Bonchev–Trinajstić information content (AvgIpc) is 2.53. The fourth-order valence-electron chi connectivity index (χ4n) is 3.40. The number of aliphatic hydroxyl groups excluding tert-OH is 1. The van der Waals surface area contributed by atoms with E-state index in [9.17, 15) is 26.7 Å². The van der Waals surface area contributed by atoms with E-state index in [0.717, 1.165) is 0 Å². The molecule has 3 aliphatic rings. The summed E-state index contributed by atoms with van der Waals surface area (Å²) in [4.78, 5) is 0. The molecule has 0 amide bonds. The van der Waals surface area contributed by atoms with Gasteiger partial charge in [0.25, 0.3) is 11.6 Å². The molecule has 0 saturated carbocycles. The van der Waals surface area contributed by atoms with Crippen molar-refractivity contribution in [3.05, 3.63) is 0 Å². The van der Waals surface area contributed by atoms with Crippen LogP contribution in [0.1, 0.15) is 25.7 Å². The molecule has 4 atom stereocenters. The smallest absolute Gasteiger partial charge is 0.387 e. The number of hydrogen-bond acceptors (Lipinski definition) is 8. The minimum absolute atomic E-state index is 0.000904. The highest BCUT2D eigenvalue weighted by atomic mass is 32.2. The molecule has 3 heterocycles. The first kappa shape index (κ1) is 19.3. The predicted molar refractivity (Wildman–Crippen MR) is 73.6 cm³/mol. The van der Waals surface area contributed by atoms with Crippen LogP contribution in [0.25, 0.3) is 0 Å². The molecule has 12 heteroatoms. The second kappa shape index (κ2) is 6.59. The minimum Gasteiger partial charge on any atom is -0.387 e. The van der Waals surface area contributed by atoms with E-state index in [4.69, 9.17) is 18.9 Å². The van der Waals surface area contributed by atoms with E-state index >= 15 is 0 Å². The number of ether oxygens (including phenoxy) is 4. The molecule has 25 heavy (non-hydrogen) atoms. The Balaban J connectivity index is 1.99. The van der Waals surface area contributed by atoms with E-state index < -0.39 is 39.4 Å². The van der Waals surface area contributed by atoms with Gasteiger partial charge in [0, 0.05) is 0 Å². The highest BCUT2D eigenvalue weighted by molar-refractivity contribution is 7.87. The van der Waals surface area contributed by atoms with Crippen molar-refractivity contribution < 1.29 is 49.8 Å². The summed E-state index contributed by atoms with van der Waals surface area (Å²) in [5.74, 6) is -4.06. The van der Waals surface area contributed by atoms with Crippen LogP contribution in [0.3, 0.4) is 0 Å². The zero-order valence-corrected chi connectivity index (χ0v) is 14.0. The molecule has 0 aromatic rings. The summed E-state index contributed by atoms with van der Waals surface area (Å²) in [6.45, 7) is 0.127. The lowest BCUT2D eigenvalue weighted by Crippen LogP contribution is -2.76. The van der Waals surface area contributed by atoms with E-state index in [1.165, 1.54) is 0 Å². The summed E-state index contributed by atoms with van der Waals surface area (Å²) < 4.78 is 87.9. The molecule has 0 aromatic heterocycles. The van der Waals surface area contributed by atoms with E-state index in [1.54, 1.807) is 0 Å². The van der Waals surface area contributed by atoms with Gasteiger partial charge in [-0.05, 0) is 25.7 Å². The van der Waals surface area contributed by atoms with Crippen LogP contribution in [-0.2, 0) is 33.2 Å². The Morgan fingerprint density at radius 3 is 2.04 bits per heavy atom. The number of aliphatic hydroxyl groups is 1. The summed E-state index contributed by atoms with van der Waals surface area (Å²) >= 11 is 0. The van der Waals surface area contributed by atoms with E-state index in [2.05, 4.69) is 4.18 Å².